The lowest BCUT2D eigenvalue weighted by molar-refractivity contribution is -0.152. The van der Waals surface area contributed by atoms with E-state index in [0.29, 0.717) is 24.5 Å². The molecule has 1 aliphatic rings. The molecule has 21 heavy (non-hydrogen) atoms. The van der Waals surface area contributed by atoms with E-state index in [1.807, 2.05) is 11.0 Å². The van der Waals surface area contributed by atoms with Gasteiger partial charge in [-0.25, -0.2) is 4.79 Å². The van der Waals surface area contributed by atoms with Crippen LogP contribution in [0.5, 0.6) is 0 Å². The highest BCUT2D eigenvalue weighted by molar-refractivity contribution is 6.37. The second kappa shape index (κ2) is 6.74. The fraction of sp³-hybridized carbons (Fsp3) is 0.357. The molecule has 0 bridgehead atoms. The van der Waals surface area contributed by atoms with Crippen LogP contribution in [0.3, 0.4) is 0 Å². The molecule has 2 rings (SSSR count). The van der Waals surface area contributed by atoms with Gasteiger partial charge in [0.25, 0.3) is 0 Å². The van der Waals surface area contributed by atoms with Gasteiger partial charge in [0.2, 0.25) is 5.91 Å². The first kappa shape index (κ1) is 14.8. The van der Waals surface area contributed by atoms with Crippen molar-refractivity contribution < 1.29 is 19.1 Å². The summed E-state index contributed by atoms with van der Waals surface area (Å²) in [5.74, 6) is -1.83. The smallest absolute Gasteiger partial charge is 0.397 e. The van der Waals surface area contributed by atoms with E-state index < -0.39 is 11.9 Å². The molecule has 1 aromatic rings. The molecule has 7 heteroatoms. The van der Waals surface area contributed by atoms with Crippen molar-refractivity contribution in [1.29, 1.82) is 0 Å². The van der Waals surface area contributed by atoms with Gasteiger partial charge in [0.15, 0.2) is 0 Å². The SMILES string of the molecule is CCOC(=O)C(=O)Nc1ccccc1N1CCNC(=O)C1. The molecule has 2 amide bonds. The van der Waals surface area contributed by atoms with E-state index in [1.54, 1.807) is 25.1 Å². The average Bonchev–Trinajstić information content (AvgIpc) is 2.48. The van der Waals surface area contributed by atoms with Crippen LogP contribution in [-0.2, 0) is 19.1 Å². The zero-order valence-corrected chi connectivity index (χ0v) is 11.7. The predicted octanol–water partition coefficient (Wildman–Crippen LogP) is 0.124. The maximum absolute atomic E-state index is 11.7. The lowest BCUT2D eigenvalue weighted by Gasteiger charge is -2.30. The van der Waals surface area contributed by atoms with Crippen molar-refractivity contribution in [2.45, 2.75) is 6.92 Å². The Morgan fingerprint density at radius 1 is 1.38 bits per heavy atom. The molecule has 0 saturated carbocycles. The minimum Gasteiger partial charge on any atom is -0.459 e. The van der Waals surface area contributed by atoms with Gasteiger partial charge < -0.3 is 20.3 Å². The van der Waals surface area contributed by atoms with E-state index in [4.69, 9.17) is 0 Å². The van der Waals surface area contributed by atoms with Crippen LogP contribution < -0.4 is 15.5 Å². The molecule has 1 fully saturated rings. The van der Waals surface area contributed by atoms with Gasteiger partial charge in [-0.3, -0.25) is 9.59 Å². The number of rotatable bonds is 3. The highest BCUT2D eigenvalue weighted by Gasteiger charge is 2.21. The third-order valence-electron chi connectivity index (χ3n) is 2.99. The van der Waals surface area contributed by atoms with Gasteiger partial charge in [-0.15, -0.1) is 0 Å². The summed E-state index contributed by atoms with van der Waals surface area (Å²) in [7, 11) is 0. The lowest BCUT2D eigenvalue weighted by Crippen LogP contribution is -2.48. The number of piperazine rings is 1. The van der Waals surface area contributed by atoms with Crippen LogP contribution in [0, 0.1) is 0 Å². The number of nitrogens with zero attached hydrogens (tertiary/aromatic N) is 1. The van der Waals surface area contributed by atoms with Gasteiger partial charge >= 0.3 is 11.9 Å². The first-order chi connectivity index (χ1) is 10.1. The summed E-state index contributed by atoms with van der Waals surface area (Å²) in [6.45, 7) is 3.16. The Kier molecular flexibility index (Phi) is 4.76. The van der Waals surface area contributed by atoms with Crippen molar-refractivity contribution in [2.24, 2.45) is 0 Å². The average molecular weight is 291 g/mol. The highest BCUT2D eigenvalue weighted by Crippen LogP contribution is 2.25. The van der Waals surface area contributed by atoms with Crippen LogP contribution in [0.15, 0.2) is 24.3 Å². The van der Waals surface area contributed by atoms with Crippen molar-refractivity contribution in [2.75, 3.05) is 36.5 Å². The standard InChI is InChI=1S/C14H17N3O4/c1-2-21-14(20)13(19)16-10-5-3-4-6-11(10)17-8-7-15-12(18)9-17/h3-6H,2,7-9H2,1H3,(H,15,18)(H,16,19). The molecule has 0 spiro atoms. The van der Waals surface area contributed by atoms with Crippen LogP contribution in [0.2, 0.25) is 0 Å². The van der Waals surface area contributed by atoms with Gasteiger partial charge in [-0.2, -0.15) is 0 Å². The molecule has 0 unspecified atom stereocenters. The van der Waals surface area contributed by atoms with E-state index in [1.165, 1.54) is 0 Å². The largest absolute Gasteiger partial charge is 0.459 e. The van der Waals surface area contributed by atoms with Gasteiger partial charge in [-0.1, -0.05) is 12.1 Å². The Labute approximate surface area is 122 Å². The summed E-state index contributed by atoms with van der Waals surface area (Å²) in [6, 6.07) is 7.02. The number of nitrogens with one attached hydrogen (secondary N) is 2. The topological polar surface area (TPSA) is 87.7 Å². The monoisotopic (exact) mass is 291 g/mol. The number of benzene rings is 1. The number of esters is 1. The number of amides is 2. The number of carbonyl (C=O) groups is 3. The highest BCUT2D eigenvalue weighted by atomic mass is 16.5. The third kappa shape index (κ3) is 3.71. The van der Waals surface area contributed by atoms with Crippen molar-refractivity contribution >= 4 is 29.2 Å². The molecule has 0 radical (unpaired) electrons. The van der Waals surface area contributed by atoms with Crippen LogP contribution in [0.4, 0.5) is 11.4 Å². The van der Waals surface area contributed by atoms with Gasteiger partial charge in [0, 0.05) is 13.1 Å². The van der Waals surface area contributed by atoms with Gasteiger partial charge in [-0.05, 0) is 19.1 Å². The Balaban J connectivity index is 2.15. The molecule has 1 saturated heterocycles. The van der Waals surface area contributed by atoms with Crippen molar-refractivity contribution in [3.63, 3.8) is 0 Å². The van der Waals surface area contributed by atoms with Crippen molar-refractivity contribution in [3.05, 3.63) is 24.3 Å². The summed E-state index contributed by atoms with van der Waals surface area (Å²) in [5, 5.41) is 5.26. The first-order valence-corrected chi connectivity index (χ1v) is 6.70. The molecule has 1 heterocycles. The maximum atomic E-state index is 11.7. The van der Waals surface area contributed by atoms with E-state index >= 15 is 0 Å². The third-order valence-corrected chi connectivity index (χ3v) is 2.99. The molecule has 1 aliphatic heterocycles. The molecular formula is C14H17N3O4. The lowest BCUT2D eigenvalue weighted by atomic mass is 10.2. The normalized spacial score (nSPS) is 14.3. The van der Waals surface area contributed by atoms with Crippen LogP contribution in [-0.4, -0.2) is 44.0 Å². The van der Waals surface area contributed by atoms with Crippen LogP contribution >= 0.6 is 0 Å². The molecule has 0 atom stereocenters. The minimum atomic E-state index is -0.927. The van der Waals surface area contributed by atoms with E-state index in [2.05, 4.69) is 15.4 Å². The van der Waals surface area contributed by atoms with E-state index in [-0.39, 0.29) is 19.1 Å². The molecule has 7 nitrogen and oxygen atoms in total. The Morgan fingerprint density at radius 3 is 2.86 bits per heavy atom. The van der Waals surface area contributed by atoms with Crippen LogP contribution in [0.1, 0.15) is 6.92 Å². The molecule has 112 valence electrons. The first-order valence-electron chi connectivity index (χ1n) is 6.70. The second-order valence-corrected chi connectivity index (χ2v) is 4.46. The fourth-order valence-electron chi connectivity index (χ4n) is 2.07. The van der Waals surface area contributed by atoms with E-state index in [0.717, 1.165) is 0 Å². The zero-order valence-electron chi connectivity index (χ0n) is 11.7. The summed E-state index contributed by atoms with van der Waals surface area (Å²) >= 11 is 0. The number of ether oxygens (including phenoxy) is 1. The van der Waals surface area contributed by atoms with E-state index in [9.17, 15) is 14.4 Å². The summed E-state index contributed by atoms with van der Waals surface area (Å²) in [4.78, 5) is 36.4. The van der Waals surface area contributed by atoms with Crippen LogP contribution in [0.25, 0.3) is 0 Å². The number of hydrogen-bond donors (Lipinski definition) is 2. The maximum Gasteiger partial charge on any atom is 0.397 e. The summed E-state index contributed by atoms with van der Waals surface area (Å²) in [5.41, 5.74) is 1.18. The Morgan fingerprint density at radius 2 is 2.14 bits per heavy atom. The van der Waals surface area contributed by atoms with Crippen molar-refractivity contribution in [1.82, 2.24) is 5.32 Å². The second-order valence-electron chi connectivity index (χ2n) is 4.46. The molecular weight excluding hydrogens is 274 g/mol. The number of hydrogen-bond acceptors (Lipinski definition) is 5. The van der Waals surface area contributed by atoms with Gasteiger partial charge in [0.05, 0.1) is 24.5 Å². The summed E-state index contributed by atoms with van der Waals surface area (Å²) < 4.78 is 4.65. The molecule has 1 aromatic carbocycles. The molecule has 0 aromatic heterocycles. The quantitative estimate of drug-likeness (QED) is 0.610. The van der Waals surface area contributed by atoms with Crippen molar-refractivity contribution in [3.8, 4) is 0 Å². The summed E-state index contributed by atoms with van der Waals surface area (Å²) in [6.07, 6.45) is 0. The molecule has 0 aliphatic carbocycles. The number of carbonyl (C=O) groups excluding carboxylic acids is 3. The zero-order chi connectivity index (χ0) is 15.2. The van der Waals surface area contributed by atoms with Gasteiger partial charge in [0.1, 0.15) is 0 Å². The minimum absolute atomic E-state index is 0.0761. The predicted molar refractivity (Wildman–Crippen MR) is 76.9 cm³/mol. The molecule has 2 N–H and O–H groups in total. The fourth-order valence-corrected chi connectivity index (χ4v) is 2.07. The number of para-hydroxylation sites is 2. The number of anilines is 2. The Hall–Kier alpha value is -2.57. The Bertz CT molecular complexity index is 559.